The van der Waals surface area contributed by atoms with Crippen molar-refractivity contribution in [2.24, 2.45) is 0 Å². The summed E-state index contributed by atoms with van der Waals surface area (Å²) in [4.78, 5) is 16.0. The first-order valence-corrected chi connectivity index (χ1v) is 13.0. The minimum absolute atomic E-state index is 0.0402. The molecule has 9 nitrogen and oxygen atoms in total. The third kappa shape index (κ3) is 6.52. The largest absolute Gasteiger partial charge is 0.490 e. The lowest BCUT2D eigenvalue weighted by Gasteiger charge is -2.24. The lowest BCUT2D eigenvalue weighted by atomic mass is 10.0. The van der Waals surface area contributed by atoms with E-state index in [1.54, 1.807) is 37.4 Å². The van der Waals surface area contributed by atoms with Gasteiger partial charge in [-0.2, -0.15) is 13.1 Å². The van der Waals surface area contributed by atoms with E-state index in [0.29, 0.717) is 41.5 Å². The molecule has 4 rings (SSSR count). The summed E-state index contributed by atoms with van der Waals surface area (Å²) in [5.74, 6) is 1.97. The zero-order valence-corrected chi connectivity index (χ0v) is 21.0. The molecule has 10 heteroatoms. The molecular formula is C26H29N3O6S. The number of nitrogens with one attached hydrogen (secondary N) is 2. The molecule has 2 aromatic rings. The Kier molecular flexibility index (Phi) is 7.76. The monoisotopic (exact) mass is 511 g/mol. The fraction of sp³-hybridized carbons (Fsp3) is 0.308. The van der Waals surface area contributed by atoms with Crippen LogP contribution in [0.25, 0.3) is 0 Å². The minimum Gasteiger partial charge on any atom is -0.490 e. The van der Waals surface area contributed by atoms with Crippen molar-refractivity contribution < 1.29 is 27.4 Å². The first kappa shape index (κ1) is 25.5. The van der Waals surface area contributed by atoms with Gasteiger partial charge in [0.1, 0.15) is 23.4 Å². The number of hydrogen-bond acceptors (Lipinski definition) is 7. The van der Waals surface area contributed by atoms with Crippen LogP contribution >= 0.6 is 0 Å². The predicted octanol–water partition coefficient (Wildman–Crippen LogP) is 3.80. The number of amides is 1. The number of rotatable bonds is 6. The molecule has 1 aromatic carbocycles. The highest BCUT2D eigenvalue weighted by Crippen LogP contribution is 2.28. The predicted molar refractivity (Wildman–Crippen MR) is 135 cm³/mol. The van der Waals surface area contributed by atoms with Gasteiger partial charge in [-0.25, -0.2) is 9.71 Å². The van der Waals surface area contributed by atoms with Crippen molar-refractivity contribution in [3.05, 3.63) is 83.8 Å². The highest BCUT2D eigenvalue weighted by atomic mass is 32.2. The molecule has 2 aliphatic rings. The maximum absolute atomic E-state index is 11.8. The highest BCUT2D eigenvalue weighted by Gasteiger charge is 2.29. The van der Waals surface area contributed by atoms with Crippen LogP contribution in [0, 0.1) is 6.92 Å². The quantitative estimate of drug-likeness (QED) is 0.606. The molecular weight excluding hydrogens is 482 g/mol. The zero-order chi connectivity index (χ0) is 25.7. The van der Waals surface area contributed by atoms with E-state index in [2.05, 4.69) is 16.3 Å². The third-order valence-electron chi connectivity index (χ3n) is 5.86. The van der Waals surface area contributed by atoms with E-state index in [1.165, 1.54) is 0 Å². The molecule has 0 saturated carbocycles. The number of ether oxygens (including phenoxy) is 3. The number of carbonyl (C=O) groups excluding carboxylic acids is 1. The van der Waals surface area contributed by atoms with Crippen LogP contribution in [-0.4, -0.2) is 32.5 Å². The molecule has 36 heavy (non-hydrogen) atoms. The van der Waals surface area contributed by atoms with Crippen molar-refractivity contribution in [1.82, 2.24) is 14.4 Å². The van der Waals surface area contributed by atoms with Crippen LogP contribution in [0.5, 0.6) is 17.4 Å². The number of nitrogens with zero attached hydrogens (tertiary/aromatic N) is 1. The number of aromatic nitrogens is 1. The Hall–Kier alpha value is -3.63. The number of pyridine rings is 1. The van der Waals surface area contributed by atoms with Crippen LogP contribution in [0.2, 0.25) is 0 Å². The van der Waals surface area contributed by atoms with Gasteiger partial charge in [-0.1, -0.05) is 30.9 Å². The molecule has 2 atom stereocenters. The molecule has 1 fully saturated rings. The van der Waals surface area contributed by atoms with Crippen molar-refractivity contribution in [3.63, 3.8) is 0 Å². The molecule has 0 bridgehead atoms. The molecule has 1 amide bonds. The molecule has 1 aromatic heterocycles. The van der Waals surface area contributed by atoms with E-state index >= 15 is 0 Å². The van der Waals surface area contributed by atoms with Crippen LogP contribution in [0.3, 0.4) is 0 Å². The topological polar surface area (TPSA) is 116 Å². The fourth-order valence-corrected chi connectivity index (χ4v) is 4.99. The van der Waals surface area contributed by atoms with E-state index in [4.69, 9.17) is 14.2 Å². The van der Waals surface area contributed by atoms with Gasteiger partial charge in [0.15, 0.2) is 0 Å². The van der Waals surface area contributed by atoms with Gasteiger partial charge in [-0.15, -0.1) is 0 Å². The lowest BCUT2D eigenvalue weighted by Crippen LogP contribution is -2.48. The normalized spacial score (nSPS) is 24.2. The second kappa shape index (κ2) is 11.0. The van der Waals surface area contributed by atoms with Crippen molar-refractivity contribution >= 4 is 16.1 Å². The molecule has 1 unspecified atom stereocenters. The molecule has 190 valence electrons. The Balaban J connectivity index is 1.37. The van der Waals surface area contributed by atoms with Gasteiger partial charge in [0.2, 0.25) is 11.8 Å². The zero-order valence-electron chi connectivity index (χ0n) is 20.2. The smallest absolute Gasteiger partial charge is 0.301 e. The number of allylic oxidation sites excluding steroid dienone is 3. The van der Waals surface area contributed by atoms with Crippen molar-refractivity contribution in [3.8, 4) is 17.4 Å². The second-order valence-corrected chi connectivity index (χ2v) is 10.0. The van der Waals surface area contributed by atoms with E-state index in [0.717, 1.165) is 17.7 Å². The first-order valence-electron chi connectivity index (χ1n) is 11.6. The van der Waals surface area contributed by atoms with Crippen LogP contribution in [0.4, 0.5) is 0 Å². The number of methoxy groups -OCH3 is 1. The van der Waals surface area contributed by atoms with Gasteiger partial charge in [0.05, 0.1) is 18.8 Å². The van der Waals surface area contributed by atoms with Crippen molar-refractivity contribution in [2.45, 2.75) is 44.8 Å². The Morgan fingerprint density at radius 2 is 1.92 bits per heavy atom. The first-order chi connectivity index (χ1) is 17.2. The number of benzene rings is 1. The molecule has 2 N–H and O–H groups in total. The average molecular weight is 512 g/mol. The van der Waals surface area contributed by atoms with Gasteiger partial charge < -0.3 is 14.2 Å². The van der Waals surface area contributed by atoms with Crippen LogP contribution < -0.4 is 23.7 Å². The molecule has 1 aliphatic heterocycles. The summed E-state index contributed by atoms with van der Waals surface area (Å²) in [5, 5.41) is 0. The summed E-state index contributed by atoms with van der Waals surface area (Å²) >= 11 is 0. The van der Waals surface area contributed by atoms with Gasteiger partial charge in [-0.3, -0.25) is 4.79 Å². The summed E-state index contributed by atoms with van der Waals surface area (Å²) in [6, 6.07) is 10.1. The molecule has 0 spiro atoms. The molecule has 0 radical (unpaired) electrons. The van der Waals surface area contributed by atoms with E-state index in [-0.39, 0.29) is 12.5 Å². The van der Waals surface area contributed by atoms with Crippen LogP contribution in [0.1, 0.15) is 43.0 Å². The summed E-state index contributed by atoms with van der Waals surface area (Å²) in [5.41, 5.74) is 2.26. The molecule has 1 aliphatic carbocycles. The Morgan fingerprint density at radius 3 is 2.61 bits per heavy atom. The molecule has 1 saturated heterocycles. The standard InChI is InChI=1S/C26H29N3O6S/c1-17-8-11-20(6-4-5-7-23(17)35-24-14-15-26(33-3)27-18(24)2)34-21-12-9-19(10-13-21)22-16-25(30)29-36(31,32)28-22/h4-5,7,9-10,12-15,20,22,28H,1,6,8,11,16H2,2-3H3,(H,29,30)/b5-4-,23-7+/t20-,22?/m0/s1. The van der Waals surface area contributed by atoms with Gasteiger partial charge in [0, 0.05) is 18.9 Å². The summed E-state index contributed by atoms with van der Waals surface area (Å²) < 4.78 is 45.4. The maximum Gasteiger partial charge on any atom is 0.301 e. The Bertz CT molecular complexity index is 1300. The van der Waals surface area contributed by atoms with Crippen molar-refractivity contribution in [2.75, 3.05) is 7.11 Å². The van der Waals surface area contributed by atoms with Crippen LogP contribution in [-0.2, 0) is 15.0 Å². The van der Waals surface area contributed by atoms with E-state index in [1.807, 2.05) is 35.9 Å². The summed E-state index contributed by atoms with van der Waals surface area (Å²) in [6.07, 6.45) is 7.91. The highest BCUT2D eigenvalue weighted by molar-refractivity contribution is 7.88. The van der Waals surface area contributed by atoms with Crippen LogP contribution in [0.15, 0.2) is 72.5 Å². The summed E-state index contributed by atoms with van der Waals surface area (Å²) in [6.45, 7) is 6.07. The minimum atomic E-state index is -3.83. The maximum atomic E-state index is 11.8. The number of aryl methyl sites for hydroxylation is 1. The second-order valence-electron chi connectivity index (χ2n) is 8.59. The van der Waals surface area contributed by atoms with Gasteiger partial charge in [0.25, 0.3) is 0 Å². The fourth-order valence-electron chi connectivity index (χ4n) is 3.95. The number of hydrogen-bond donors (Lipinski definition) is 2. The van der Waals surface area contributed by atoms with E-state index < -0.39 is 22.2 Å². The Morgan fingerprint density at radius 1 is 1.14 bits per heavy atom. The Labute approximate surface area is 211 Å². The number of carbonyl (C=O) groups is 1. The SMILES string of the molecule is C=C1CC[C@@H](Oc2ccc(C3CC(=O)NS(=O)(=O)N3)cc2)C/C=C\C=C/1Oc1ccc(OC)nc1C. The molecule has 2 heterocycles. The lowest BCUT2D eigenvalue weighted by molar-refractivity contribution is -0.120. The summed E-state index contributed by atoms with van der Waals surface area (Å²) in [7, 11) is -2.26. The van der Waals surface area contributed by atoms with Gasteiger partial charge >= 0.3 is 10.2 Å². The third-order valence-corrected chi connectivity index (χ3v) is 6.95. The van der Waals surface area contributed by atoms with Gasteiger partial charge in [-0.05, 0) is 55.2 Å². The van der Waals surface area contributed by atoms with Crippen molar-refractivity contribution in [1.29, 1.82) is 0 Å². The van der Waals surface area contributed by atoms with E-state index in [9.17, 15) is 13.2 Å². The average Bonchev–Trinajstić information content (AvgIpc) is 2.91.